The van der Waals surface area contributed by atoms with Crippen molar-refractivity contribution in [1.29, 1.82) is 0 Å². The molecular weight excluding hydrogens is 378 g/mol. The second-order valence-corrected chi connectivity index (χ2v) is 7.90. The topological polar surface area (TPSA) is 39.9 Å². The Labute approximate surface area is 169 Å². The molecule has 0 aliphatic carbocycles. The van der Waals surface area contributed by atoms with Crippen LogP contribution in [0.15, 0.2) is 41.6 Å². The fraction of sp³-hybridized carbons (Fsp3) is 0.333. The smallest absolute Gasteiger partial charge is 0.191 e. The highest BCUT2D eigenvalue weighted by atomic mass is 35.5. The Bertz CT molecular complexity index is 916. The van der Waals surface area contributed by atoms with Crippen molar-refractivity contribution in [3.8, 4) is 5.75 Å². The van der Waals surface area contributed by atoms with Crippen molar-refractivity contribution >= 4 is 23.4 Å². The zero-order chi connectivity index (χ0) is 19.4. The third-order valence-corrected chi connectivity index (χ3v) is 5.97. The number of benzene rings is 2. The summed E-state index contributed by atoms with van der Waals surface area (Å²) in [5.74, 6) is 2.50. The molecule has 3 aromatic rings. The summed E-state index contributed by atoms with van der Waals surface area (Å²) in [4.78, 5) is 0. The molecule has 0 amide bonds. The van der Waals surface area contributed by atoms with Gasteiger partial charge in [-0.1, -0.05) is 53.2 Å². The lowest BCUT2D eigenvalue weighted by atomic mass is 10.1. The summed E-state index contributed by atoms with van der Waals surface area (Å²) < 4.78 is 8.06. The van der Waals surface area contributed by atoms with Crippen LogP contribution >= 0.6 is 23.4 Å². The maximum Gasteiger partial charge on any atom is 0.191 e. The van der Waals surface area contributed by atoms with Gasteiger partial charge >= 0.3 is 0 Å². The molecule has 0 aliphatic heterocycles. The van der Waals surface area contributed by atoms with E-state index in [-0.39, 0.29) is 0 Å². The Kier molecular flexibility index (Phi) is 6.45. The number of aryl methyl sites for hydroxylation is 3. The lowest BCUT2D eigenvalue weighted by Gasteiger charge is -2.11. The van der Waals surface area contributed by atoms with Crippen LogP contribution in [0.3, 0.4) is 0 Å². The van der Waals surface area contributed by atoms with Crippen LogP contribution in [0.5, 0.6) is 5.75 Å². The summed E-state index contributed by atoms with van der Waals surface area (Å²) in [7, 11) is 0. The van der Waals surface area contributed by atoms with Gasteiger partial charge < -0.3 is 9.30 Å². The number of halogens is 1. The average Bonchev–Trinajstić information content (AvgIpc) is 3.04. The highest BCUT2D eigenvalue weighted by Crippen LogP contribution is 2.27. The third kappa shape index (κ3) is 4.85. The van der Waals surface area contributed by atoms with E-state index in [0.29, 0.717) is 6.61 Å². The molecule has 1 aromatic heterocycles. The van der Waals surface area contributed by atoms with Gasteiger partial charge in [-0.05, 0) is 56.5 Å². The van der Waals surface area contributed by atoms with Gasteiger partial charge in [0.1, 0.15) is 12.4 Å². The molecule has 142 valence electrons. The van der Waals surface area contributed by atoms with Gasteiger partial charge in [0.25, 0.3) is 0 Å². The summed E-state index contributed by atoms with van der Waals surface area (Å²) in [6.07, 6.45) is 0. The van der Waals surface area contributed by atoms with Crippen LogP contribution in [0.4, 0.5) is 0 Å². The number of hydrogen-bond acceptors (Lipinski definition) is 4. The SMILES string of the molecule is CCn1c(COc2cc(C)c(Cl)c(C)c2)nnc1SCc1cccc(C)c1. The first-order valence-electron chi connectivity index (χ1n) is 8.98. The third-order valence-electron chi connectivity index (χ3n) is 4.34. The van der Waals surface area contributed by atoms with E-state index < -0.39 is 0 Å². The zero-order valence-electron chi connectivity index (χ0n) is 16.1. The molecule has 27 heavy (non-hydrogen) atoms. The fourth-order valence-electron chi connectivity index (χ4n) is 2.94. The molecule has 0 unspecified atom stereocenters. The van der Waals surface area contributed by atoms with Crippen molar-refractivity contribution in [3.63, 3.8) is 0 Å². The Morgan fingerprint density at radius 3 is 2.48 bits per heavy atom. The minimum absolute atomic E-state index is 0.381. The van der Waals surface area contributed by atoms with E-state index in [1.54, 1.807) is 11.8 Å². The van der Waals surface area contributed by atoms with Crippen LogP contribution in [0.25, 0.3) is 0 Å². The molecule has 0 aliphatic rings. The zero-order valence-corrected chi connectivity index (χ0v) is 17.7. The number of hydrogen-bond donors (Lipinski definition) is 0. The van der Waals surface area contributed by atoms with Crippen LogP contribution in [-0.2, 0) is 18.9 Å². The van der Waals surface area contributed by atoms with E-state index in [1.807, 2.05) is 26.0 Å². The van der Waals surface area contributed by atoms with Gasteiger partial charge in [0.05, 0.1) is 0 Å². The Morgan fingerprint density at radius 2 is 1.81 bits per heavy atom. The molecule has 0 N–H and O–H groups in total. The van der Waals surface area contributed by atoms with Crippen LogP contribution in [0.1, 0.15) is 35.0 Å². The van der Waals surface area contributed by atoms with Crippen LogP contribution in [-0.4, -0.2) is 14.8 Å². The van der Waals surface area contributed by atoms with Gasteiger partial charge in [0, 0.05) is 17.3 Å². The number of thioether (sulfide) groups is 1. The van der Waals surface area contributed by atoms with E-state index in [9.17, 15) is 0 Å². The molecule has 4 nitrogen and oxygen atoms in total. The molecule has 0 saturated carbocycles. The fourth-order valence-corrected chi connectivity index (χ4v) is 4.01. The molecule has 0 radical (unpaired) electrons. The Balaban J connectivity index is 1.68. The highest BCUT2D eigenvalue weighted by molar-refractivity contribution is 7.98. The first-order valence-corrected chi connectivity index (χ1v) is 10.3. The van der Waals surface area contributed by atoms with Crippen molar-refractivity contribution in [2.75, 3.05) is 0 Å². The molecule has 0 spiro atoms. The molecule has 1 heterocycles. The van der Waals surface area contributed by atoms with E-state index in [2.05, 4.69) is 52.9 Å². The van der Waals surface area contributed by atoms with Crippen LogP contribution in [0.2, 0.25) is 5.02 Å². The maximum atomic E-state index is 6.23. The summed E-state index contributed by atoms with van der Waals surface area (Å²) >= 11 is 7.93. The van der Waals surface area contributed by atoms with E-state index in [4.69, 9.17) is 16.3 Å². The number of rotatable bonds is 7. The normalized spacial score (nSPS) is 11.0. The molecule has 0 bridgehead atoms. The van der Waals surface area contributed by atoms with Crippen LogP contribution < -0.4 is 4.74 Å². The summed E-state index contributed by atoms with van der Waals surface area (Å²) in [5, 5.41) is 10.4. The maximum absolute atomic E-state index is 6.23. The molecular formula is C21H24ClN3OS. The first-order chi connectivity index (χ1) is 13.0. The molecule has 0 fully saturated rings. The van der Waals surface area contributed by atoms with Crippen molar-refractivity contribution < 1.29 is 4.74 Å². The van der Waals surface area contributed by atoms with Gasteiger partial charge in [-0.3, -0.25) is 0 Å². The Hall–Kier alpha value is -1.98. The molecule has 0 saturated heterocycles. The average molecular weight is 402 g/mol. The summed E-state index contributed by atoms with van der Waals surface area (Å²) in [5.41, 5.74) is 4.58. The lowest BCUT2D eigenvalue weighted by molar-refractivity contribution is 0.288. The van der Waals surface area contributed by atoms with Gasteiger partial charge in [-0.2, -0.15) is 0 Å². The summed E-state index contributed by atoms with van der Waals surface area (Å²) in [6, 6.07) is 12.4. The van der Waals surface area contributed by atoms with Gasteiger partial charge in [0.2, 0.25) is 0 Å². The molecule has 2 aromatic carbocycles. The van der Waals surface area contributed by atoms with Crippen molar-refractivity contribution in [1.82, 2.24) is 14.8 Å². The quantitative estimate of drug-likeness (QED) is 0.472. The standard InChI is InChI=1S/C21H24ClN3OS/c1-5-25-19(12-26-18-10-15(3)20(22)16(4)11-18)23-24-21(25)27-13-17-8-6-7-14(2)9-17/h6-11H,5,12-13H2,1-4H3. The molecule has 3 rings (SSSR count). The lowest BCUT2D eigenvalue weighted by Crippen LogP contribution is -2.07. The van der Waals surface area contributed by atoms with Crippen molar-refractivity contribution in [2.24, 2.45) is 0 Å². The van der Waals surface area contributed by atoms with E-state index >= 15 is 0 Å². The van der Waals surface area contributed by atoms with E-state index in [1.165, 1.54) is 11.1 Å². The van der Waals surface area contributed by atoms with Crippen molar-refractivity contribution in [2.45, 2.75) is 51.8 Å². The second-order valence-electron chi connectivity index (χ2n) is 6.58. The monoisotopic (exact) mass is 401 g/mol. The van der Waals surface area contributed by atoms with E-state index in [0.717, 1.165) is 45.2 Å². The molecule has 6 heteroatoms. The number of aromatic nitrogens is 3. The van der Waals surface area contributed by atoms with Gasteiger partial charge in [0.15, 0.2) is 11.0 Å². The first kappa shape index (κ1) is 19.8. The van der Waals surface area contributed by atoms with Gasteiger partial charge in [-0.25, -0.2) is 0 Å². The van der Waals surface area contributed by atoms with Crippen molar-refractivity contribution in [3.05, 3.63) is 69.5 Å². The second kappa shape index (κ2) is 8.81. The Morgan fingerprint density at radius 1 is 1.07 bits per heavy atom. The number of nitrogens with zero attached hydrogens (tertiary/aromatic N) is 3. The predicted octanol–water partition coefficient (Wildman–Crippen LogP) is 5.75. The minimum atomic E-state index is 0.381. The summed E-state index contributed by atoms with van der Waals surface area (Å²) in [6.45, 7) is 9.36. The molecule has 0 atom stereocenters. The largest absolute Gasteiger partial charge is 0.486 e. The number of ether oxygens (including phenoxy) is 1. The predicted molar refractivity (Wildman–Crippen MR) is 112 cm³/mol. The highest BCUT2D eigenvalue weighted by Gasteiger charge is 2.13. The van der Waals surface area contributed by atoms with Crippen LogP contribution in [0, 0.1) is 20.8 Å². The van der Waals surface area contributed by atoms with Gasteiger partial charge in [-0.15, -0.1) is 10.2 Å². The minimum Gasteiger partial charge on any atom is -0.486 e.